The standard InChI is InChI=1S/C46H28N6O/c1-2-9-29(10-3-1)32-13-6-14-35(23-32)42-44-43(38-24-33-11-4-5-12-34(33)25-41(38)53-44)52-46(51-42)31-19-17-30(18-20-31)45-49-39(36-15-7-21-47-27-36)26-40(50-45)37-16-8-22-48-28-37/h1-28H. The van der Waals surface area contributed by atoms with Crippen LogP contribution in [0.15, 0.2) is 175 Å². The quantitative estimate of drug-likeness (QED) is 0.173. The molecule has 0 aliphatic rings. The molecule has 5 aromatic carbocycles. The van der Waals surface area contributed by atoms with Crippen molar-refractivity contribution in [2.45, 2.75) is 0 Å². The summed E-state index contributed by atoms with van der Waals surface area (Å²) in [6.45, 7) is 0. The maximum atomic E-state index is 6.60. The molecule has 0 unspecified atom stereocenters. The molecule has 0 bridgehead atoms. The molecule has 0 aliphatic heterocycles. The topological polar surface area (TPSA) is 90.5 Å². The molecule has 0 saturated carbocycles. The van der Waals surface area contributed by atoms with Gasteiger partial charge in [0.05, 0.1) is 11.4 Å². The van der Waals surface area contributed by atoms with Gasteiger partial charge in [0.1, 0.15) is 16.8 Å². The second-order valence-electron chi connectivity index (χ2n) is 12.8. The fraction of sp³-hybridized carbons (Fsp3) is 0. The van der Waals surface area contributed by atoms with Crippen LogP contribution >= 0.6 is 0 Å². The van der Waals surface area contributed by atoms with Gasteiger partial charge in [0.25, 0.3) is 0 Å². The largest absolute Gasteiger partial charge is 0.452 e. The highest BCUT2D eigenvalue weighted by molar-refractivity contribution is 6.11. The van der Waals surface area contributed by atoms with Gasteiger partial charge in [0.15, 0.2) is 17.2 Å². The molecule has 7 nitrogen and oxygen atoms in total. The van der Waals surface area contributed by atoms with Crippen molar-refractivity contribution in [1.82, 2.24) is 29.9 Å². The van der Waals surface area contributed by atoms with Gasteiger partial charge < -0.3 is 4.42 Å². The predicted molar refractivity (Wildman–Crippen MR) is 211 cm³/mol. The van der Waals surface area contributed by atoms with Crippen LogP contribution in [0.2, 0.25) is 0 Å². The minimum absolute atomic E-state index is 0.597. The zero-order valence-electron chi connectivity index (χ0n) is 28.3. The molecular weight excluding hydrogens is 653 g/mol. The number of pyridine rings is 2. The molecule has 0 atom stereocenters. The summed E-state index contributed by atoms with van der Waals surface area (Å²) >= 11 is 0. The van der Waals surface area contributed by atoms with Crippen LogP contribution in [0.4, 0.5) is 0 Å². The Kier molecular flexibility index (Phi) is 7.32. The van der Waals surface area contributed by atoms with Crippen molar-refractivity contribution in [3.05, 3.63) is 170 Å². The molecule has 0 N–H and O–H groups in total. The Labute approximate surface area is 304 Å². The highest BCUT2D eigenvalue weighted by atomic mass is 16.3. The van der Waals surface area contributed by atoms with Crippen LogP contribution in [0.5, 0.6) is 0 Å². The van der Waals surface area contributed by atoms with Crippen molar-refractivity contribution in [2.24, 2.45) is 0 Å². The molecular formula is C46H28N6O. The SMILES string of the molecule is c1ccc(-c2cccc(-c3nc(-c4ccc(-c5nc(-c6cccnc6)cc(-c6cccnc6)n5)cc4)nc4c3oc3cc5ccccc5cc34)c2)cc1. The van der Waals surface area contributed by atoms with E-state index in [0.717, 1.165) is 83.3 Å². The Morgan fingerprint density at radius 3 is 1.64 bits per heavy atom. The van der Waals surface area contributed by atoms with E-state index in [1.54, 1.807) is 12.4 Å². The lowest BCUT2D eigenvalue weighted by atomic mass is 10.0. The Morgan fingerprint density at radius 2 is 0.981 bits per heavy atom. The molecule has 0 fully saturated rings. The average molecular weight is 681 g/mol. The van der Waals surface area contributed by atoms with Gasteiger partial charge in [-0.25, -0.2) is 19.9 Å². The number of hydrogen-bond acceptors (Lipinski definition) is 7. The summed E-state index contributed by atoms with van der Waals surface area (Å²) in [6, 6.07) is 49.2. The van der Waals surface area contributed by atoms with Gasteiger partial charge in [-0.1, -0.05) is 97.1 Å². The molecule has 0 saturated heterocycles. The predicted octanol–water partition coefficient (Wildman–Crippen LogP) is 11.1. The number of nitrogens with zero attached hydrogens (tertiary/aromatic N) is 6. The zero-order valence-corrected chi connectivity index (χ0v) is 28.3. The molecule has 0 amide bonds. The van der Waals surface area contributed by atoms with Crippen LogP contribution in [0.25, 0.3) is 101 Å². The van der Waals surface area contributed by atoms with Gasteiger partial charge in [0, 0.05) is 58.0 Å². The Bertz CT molecular complexity index is 2870. The molecule has 0 aliphatic carbocycles. The van der Waals surface area contributed by atoms with Crippen LogP contribution in [-0.4, -0.2) is 29.9 Å². The van der Waals surface area contributed by atoms with Gasteiger partial charge in [-0.15, -0.1) is 0 Å². The van der Waals surface area contributed by atoms with E-state index in [-0.39, 0.29) is 0 Å². The summed E-state index contributed by atoms with van der Waals surface area (Å²) in [6.07, 6.45) is 7.13. The molecule has 10 rings (SSSR count). The molecule has 7 heteroatoms. The van der Waals surface area contributed by atoms with E-state index in [9.17, 15) is 0 Å². The van der Waals surface area contributed by atoms with E-state index in [1.807, 2.05) is 79.1 Å². The van der Waals surface area contributed by atoms with Crippen molar-refractivity contribution < 1.29 is 4.42 Å². The van der Waals surface area contributed by atoms with Crippen molar-refractivity contribution in [3.63, 3.8) is 0 Å². The smallest absolute Gasteiger partial charge is 0.180 e. The van der Waals surface area contributed by atoms with E-state index in [0.29, 0.717) is 17.2 Å². The lowest BCUT2D eigenvalue weighted by Gasteiger charge is -2.10. The third-order valence-corrected chi connectivity index (χ3v) is 9.47. The van der Waals surface area contributed by atoms with Crippen molar-refractivity contribution >= 4 is 32.8 Å². The molecule has 248 valence electrons. The Hall–Kier alpha value is -7.38. The number of fused-ring (bicyclic) bond motifs is 4. The second-order valence-corrected chi connectivity index (χ2v) is 12.8. The van der Waals surface area contributed by atoms with E-state index in [2.05, 4.69) is 88.8 Å². The van der Waals surface area contributed by atoms with Gasteiger partial charge >= 0.3 is 0 Å². The minimum atomic E-state index is 0.597. The van der Waals surface area contributed by atoms with Gasteiger partial charge in [-0.05, 0) is 70.4 Å². The maximum Gasteiger partial charge on any atom is 0.180 e. The first kappa shape index (κ1) is 30.4. The van der Waals surface area contributed by atoms with Crippen molar-refractivity contribution in [3.8, 4) is 67.7 Å². The first-order valence-corrected chi connectivity index (χ1v) is 17.3. The van der Waals surface area contributed by atoms with Gasteiger partial charge in [-0.2, -0.15) is 0 Å². The van der Waals surface area contributed by atoms with E-state index in [1.165, 1.54) is 0 Å². The number of furan rings is 1. The van der Waals surface area contributed by atoms with Crippen LogP contribution in [0, 0.1) is 0 Å². The van der Waals surface area contributed by atoms with E-state index >= 15 is 0 Å². The lowest BCUT2D eigenvalue weighted by molar-refractivity contribution is 0.668. The molecule has 53 heavy (non-hydrogen) atoms. The molecule has 5 aromatic heterocycles. The first-order valence-electron chi connectivity index (χ1n) is 17.3. The molecule has 5 heterocycles. The highest BCUT2D eigenvalue weighted by Gasteiger charge is 2.20. The zero-order chi connectivity index (χ0) is 35.1. The fourth-order valence-corrected chi connectivity index (χ4v) is 6.80. The number of hydrogen-bond donors (Lipinski definition) is 0. The number of rotatable bonds is 6. The van der Waals surface area contributed by atoms with Crippen LogP contribution in [0.3, 0.4) is 0 Å². The third kappa shape index (κ3) is 5.66. The van der Waals surface area contributed by atoms with Crippen LogP contribution < -0.4 is 0 Å². The molecule has 10 aromatic rings. The number of aromatic nitrogens is 6. The Morgan fingerprint density at radius 1 is 0.396 bits per heavy atom. The van der Waals surface area contributed by atoms with Gasteiger partial charge in [0.2, 0.25) is 0 Å². The summed E-state index contributed by atoms with van der Waals surface area (Å²) in [5.74, 6) is 1.19. The second kappa shape index (κ2) is 12.7. The number of benzene rings is 5. The van der Waals surface area contributed by atoms with Crippen LogP contribution in [0.1, 0.15) is 0 Å². The molecule has 0 spiro atoms. The normalized spacial score (nSPS) is 11.4. The monoisotopic (exact) mass is 680 g/mol. The summed E-state index contributed by atoms with van der Waals surface area (Å²) in [4.78, 5) is 28.9. The Balaban J connectivity index is 1.12. The average Bonchev–Trinajstić information content (AvgIpc) is 3.60. The summed E-state index contributed by atoms with van der Waals surface area (Å²) in [5.41, 5.74) is 11.2. The van der Waals surface area contributed by atoms with E-state index < -0.39 is 0 Å². The lowest BCUT2D eigenvalue weighted by Crippen LogP contribution is -1.97. The maximum absolute atomic E-state index is 6.60. The van der Waals surface area contributed by atoms with Crippen molar-refractivity contribution in [2.75, 3.05) is 0 Å². The minimum Gasteiger partial charge on any atom is -0.452 e. The highest BCUT2D eigenvalue weighted by Crippen LogP contribution is 2.38. The fourth-order valence-electron chi connectivity index (χ4n) is 6.80. The summed E-state index contributed by atoms with van der Waals surface area (Å²) in [5, 5.41) is 3.18. The van der Waals surface area contributed by atoms with E-state index in [4.69, 9.17) is 24.4 Å². The molecule has 0 radical (unpaired) electrons. The van der Waals surface area contributed by atoms with Crippen molar-refractivity contribution in [1.29, 1.82) is 0 Å². The van der Waals surface area contributed by atoms with Crippen LogP contribution in [-0.2, 0) is 0 Å². The van der Waals surface area contributed by atoms with Gasteiger partial charge in [-0.3, -0.25) is 9.97 Å². The first-order chi connectivity index (χ1) is 26.2. The third-order valence-electron chi connectivity index (χ3n) is 9.47. The summed E-state index contributed by atoms with van der Waals surface area (Å²) in [7, 11) is 0. The summed E-state index contributed by atoms with van der Waals surface area (Å²) < 4.78 is 6.60.